The monoisotopic (exact) mass is 348 g/mol. The van der Waals surface area contributed by atoms with Crippen molar-refractivity contribution in [1.29, 1.82) is 0 Å². The normalized spacial score (nSPS) is 31.3. The van der Waals surface area contributed by atoms with Crippen molar-refractivity contribution in [2.45, 2.75) is 38.5 Å². The third-order valence-electron chi connectivity index (χ3n) is 6.15. The second-order valence-electron chi connectivity index (χ2n) is 8.04. The maximum Gasteiger partial charge on any atom is 0.160 e. The molecule has 0 radical (unpaired) electrons. The van der Waals surface area contributed by atoms with Gasteiger partial charge >= 0.3 is 0 Å². The maximum absolute atomic E-state index is 6.65. The lowest BCUT2D eigenvalue weighted by Gasteiger charge is -2.52. The van der Waals surface area contributed by atoms with E-state index in [1.807, 2.05) is 24.3 Å². The summed E-state index contributed by atoms with van der Waals surface area (Å²) >= 11 is 0. The van der Waals surface area contributed by atoms with Crippen molar-refractivity contribution in [3.63, 3.8) is 0 Å². The van der Waals surface area contributed by atoms with Crippen LogP contribution in [-0.4, -0.2) is 24.1 Å². The molecule has 4 nitrogen and oxygen atoms in total. The van der Waals surface area contributed by atoms with Gasteiger partial charge in [0, 0.05) is 17.5 Å². The van der Waals surface area contributed by atoms with Gasteiger partial charge in [0.25, 0.3) is 0 Å². The number of hydrazone groups is 1. The van der Waals surface area contributed by atoms with E-state index in [1.165, 1.54) is 5.56 Å². The summed E-state index contributed by atoms with van der Waals surface area (Å²) in [6.07, 6.45) is -0.0835. The number of nitrogens with zero attached hydrogens (tertiary/aromatic N) is 2. The van der Waals surface area contributed by atoms with Crippen molar-refractivity contribution < 1.29 is 9.47 Å². The van der Waals surface area contributed by atoms with Crippen LogP contribution in [0.2, 0.25) is 0 Å². The van der Waals surface area contributed by atoms with Gasteiger partial charge < -0.3 is 9.47 Å². The fraction of sp³-hybridized carbons (Fsp3) is 0.409. The Bertz CT molecular complexity index is 861. The molecule has 1 fully saturated rings. The Hall–Kier alpha value is -2.33. The van der Waals surface area contributed by atoms with Gasteiger partial charge in [-0.2, -0.15) is 5.10 Å². The Labute approximate surface area is 154 Å². The van der Waals surface area contributed by atoms with Crippen LogP contribution in [0.3, 0.4) is 0 Å². The molecule has 0 spiro atoms. The van der Waals surface area contributed by atoms with Gasteiger partial charge in [-0.3, -0.25) is 0 Å². The highest BCUT2D eigenvalue weighted by molar-refractivity contribution is 5.90. The fourth-order valence-corrected chi connectivity index (χ4v) is 4.86. The molecule has 0 aromatic heterocycles. The molecule has 5 rings (SSSR count). The summed E-state index contributed by atoms with van der Waals surface area (Å²) in [6, 6.07) is 18.8. The van der Waals surface area contributed by atoms with Crippen LogP contribution in [0.25, 0.3) is 0 Å². The van der Waals surface area contributed by atoms with Crippen LogP contribution in [0.15, 0.2) is 59.7 Å². The van der Waals surface area contributed by atoms with E-state index in [9.17, 15) is 0 Å². The number of benzene rings is 2. The third-order valence-corrected chi connectivity index (χ3v) is 6.15. The average Bonchev–Trinajstić information content (AvgIpc) is 2.97. The average molecular weight is 348 g/mol. The minimum atomic E-state index is -0.285. The van der Waals surface area contributed by atoms with Crippen molar-refractivity contribution in [3.8, 4) is 5.75 Å². The SMILES string of the molecule is CC1=NN(c2ccccc2)[C@@H]2OC(C)(C)[C@@H]3COc4ccccc4[C@H]3[C@@H]12. The molecule has 0 bridgehead atoms. The molecule has 3 aliphatic rings. The van der Waals surface area contributed by atoms with Crippen molar-refractivity contribution >= 4 is 11.4 Å². The summed E-state index contributed by atoms with van der Waals surface area (Å²) in [7, 11) is 0. The molecule has 26 heavy (non-hydrogen) atoms. The van der Waals surface area contributed by atoms with Gasteiger partial charge in [-0.25, -0.2) is 5.01 Å². The molecule has 3 heterocycles. The van der Waals surface area contributed by atoms with Gasteiger partial charge in [-0.15, -0.1) is 0 Å². The molecule has 0 amide bonds. The summed E-state index contributed by atoms with van der Waals surface area (Å²) in [5.74, 6) is 1.90. The lowest BCUT2D eigenvalue weighted by Crippen LogP contribution is -2.58. The standard InChI is InChI=1S/C22H24N2O2/c1-14-19-20-16-11-7-8-12-18(16)25-13-17(20)22(2,3)26-21(19)24(23-14)15-9-5-4-6-10-15/h4-12,17,19-21H,13H2,1-3H3/t17-,19-,20-,21-/m1/s1. The zero-order valence-corrected chi connectivity index (χ0v) is 15.4. The van der Waals surface area contributed by atoms with E-state index in [2.05, 4.69) is 56.1 Å². The van der Waals surface area contributed by atoms with Gasteiger partial charge in [0.05, 0.1) is 23.8 Å². The van der Waals surface area contributed by atoms with E-state index in [1.54, 1.807) is 0 Å². The molecule has 0 unspecified atom stereocenters. The van der Waals surface area contributed by atoms with Crippen LogP contribution in [-0.2, 0) is 4.74 Å². The second kappa shape index (κ2) is 5.58. The minimum absolute atomic E-state index is 0.0835. The van der Waals surface area contributed by atoms with Crippen LogP contribution < -0.4 is 9.75 Å². The molecular formula is C22H24N2O2. The first-order chi connectivity index (χ1) is 12.6. The van der Waals surface area contributed by atoms with E-state index in [-0.39, 0.29) is 17.7 Å². The summed E-state index contributed by atoms with van der Waals surface area (Å²) in [5.41, 5.74) is 3.22. The predicted molar refractivity (Wildman–Crippen MR) is 103 cm³/mol. The number of ether oxygens (including phenoxy) is 2. The largest absolute Gasteiger partial charge is 0.493 e. The van der Waals surface area contributed by atoms with Crippen molar-refractivity contribution in [2.75, 3.05) is 11.6 Å². The van der Waals surface area contributed by atoms with Crippen LogP contribution in [0, 0.1) is 11.8 Å². The Morgan fingerprint density at radius 2 is 1.73 bits per heavy atom. The van der Waals surface area contributed by atoms with Crippen LogP contribution >= 0.6 is 0 Å². The lowest BCUT2D eigenvalue weighted by molar-refractivity contribution is -0.172. The van der Waals surface area contributed by atoms with E-state index >= 15 is 0 Å². The number of para-hydroxylation sites is 2. The number of fused-ring (bicyclic) bond motifs is 5. The molecule has 0 N–H and O–H groups in total. The van der Waals surface area contributed by atoms with Gasteiger partial charge in [-0.1, -0.05) is 36.4 Å². The molecular weight excluding hydrogens is 324 g/mol. The summed E-state index contributed by atoms with van der Waals surface area (Å²) in [4.78, 5) is 0. The number of anilines is 1. The first-order valence-electron chi connectivity index (χ1n) is 9.35. The minimum Gasteiger partial charge on any atom is -0.493 e. The summed E-state index contributed by atoms with van der Waals surface area (Å²) < 4.78 is 12.7. The van der Waals surface area contributed by atoms with Crippen LogP contribution in [0.4, 0.5) is 5.69 Å². The topological polar surface area (TPSA) is 34.1 Å². The zero-order valence-electron chi connectivity index (χ0n) is 15.4. The Kier molecular flexibility index (Phi) is 3.41. The number of rotatable bonds is 1. The summed E-state index contributed by atoms with van der Waals surface area (Å²) in [5, 5.41) is 6.98. The van der Waals surface area contributed by atoms with Gasteiger partial charge in [-0.05, 0) is 44.5 Å². The highest BCUT2D eigenvalue weighted by Gasteiger charge is 2.57. The van der Waals surface area contributed by atoms with Gasteiger partial charge in [0.1, 0.15) is 5.75 Å². The van der Waals surface area contributed by atoms with E-state index < -0.39 is 0 Å². The molecule has 0 saturated carbocycles. The molecule has 4 atom stereocenters. The van der Waals surface area contributed by atoms with Crippen molar-refractivity contribution in [2.24, 2.45) is 16.9 Å². The molecule has 1 saturated heterocycles. The Balaban J connectivity index is 1.62. The maximum atomic E-state index is 6.65. The quantitative estimate of drug-likeness (QED) is 0.765. The second-order valence-corrected chi connectivity index (χ2v) is 8.04. The Morgan fingerprint density at radius 3 is 2.54 bits per heavy atom. The van der Waals surface area contributed by atoms with Crippen LogP contribution in [0.5, 0.6) is 5.75 Å². The molecule has 134 valence electrons. The predicted octanol–water partition coefficient (Wildman–Crippen LogP) is 4.43. The van der Waals surface area contributed by atoms with E-state index in [0.29, 0.717) is 18.4 Å². The number of hydrogen-bond acceptors (Lipinski definition) is 4. The third kappa shape index (κ3) is 2.21. The molecule has 2 aromatic rings. The lowest BCUT2D eigenvalue weighted by atomic mass is 9.65. The van der Waals surface area contributed by atoms with E-state index in [0.717, 1.165) is 17.1 Å². The zero-order chi connectivity index (χ0) is 17.9. The molecule has 0 aliphatic carbocycles. The first kappa shape index (κ1) is 15.9. The van der Waals surface area contributed by atoms with Crippen molar-refractivity contribution in [3.05, 3.63) is 60.2 Å². The smallest absolute Gasteiger partial charge is 0.160 e. The first-order valence-corrected chi connectivity index (χ1v) is 9.35. The van der Waals surface area contributed by atoms with Crippen LogP contribution in [0.1, 0.15) is 32.3 Å². The highest BCUT2D eigenvalue weighted by Crippen LogP contribution is 2.54. The van der Waals surface area contributed by atoms with Crippen molar-refractivity contribution in [1.82, 2.24) is 0 Å². The Morgan fingerprint density at radius 1 is 1.00 bits per heavy atom. The van der Waals surface area contributed by atoms with E-state index in [4.69, 9.17) is 14.6 Å². The van der Waals surface area contributed by atoms with Gasteiger partial charge in [0.15, 0.2) is 6.23 Å². The highest BCUT2D eigenvalue weighted by atomic mass is 16.5. The summed E-state index contributed by atoms with van der Waals surface area (Å²) in [6.45, 7) is 7.21. The number of hydrogen-bond donors (Lipinski definition) is 0. The molecule has 3 aliphatic heterocycles. The fourth-order valence-electron chi connectivity index (χ4n) is 4.86. The van der Waals surface area contributed by atoms with Gasteiger partial charge in [0.2, 0.25) is 0 Å². The molecule has 2 aromatic carbocycles. The molecule has 4 heteroatoms.